The van der Waals surface area contributed by atoms with Gasteiger partial charge in [-0.3, -0.25) is 4.79 Å². The fourth-order valence-electron chi connectivity index (χ4n) is 0.580. The molecule has 5 nitrogen and oxygen atoms in total. The van der Waals surface area contributed by atoms with Gasteiger partial charge in [0.15, 0.2) is 0 Å². The molecule has 1 aliphatic rings. The summed E-state index contributed by atoms with van der Waals surface area (Å²) in [5.74, 6) is -1.17. The largest absolute Gasteiger partial charge is 0.481 e. The number of hydrogen-bond donors (Lipinski definition) is 1. The van der Waals surface area contributed by atoms with Gasteiger partial charge in [-0.15, -0.1) is 19.7 Å². The van der Waals surface area contributed by atoms with E-state index in [0.717, 1.165) is 0 Å². The Labute approximate surface area is 107 Å². The van der Waals surface area contributed by atoms with Crippen LogP contribution < -0.4 is 0 Å². The fourth-order valence-corrected chi connectivity index (χ4v) is 0.580. The standard InChI is InChI=1S/C7H10O3.C4H6O2.C2H4/c1-5(2)7(8)10-4-6-3-9-6;1-2-3-4(5)6;1-2/h6H,1,3-4H2,2H3;2H,1,3H2,(H,5,6);1-2H2. The van der Waals surface area contributed by atoms with Crippen molar-refractivity contribution in [3.63, 3.8) is 0 Å². The van der Waals surface area contributed by atoms with Crippen molar-refractivity contribution in [3.8, 4) is 0 Å². The summed E-state index contributed by atoms with van der Waals surface area (Å²) in [6.45, 7) is 15.4. The molecule has 0 bridgehead atoms. The molecule has 1 N–H and O–H groups in total. The van der Waals surface area contributed by atoms with Crippen molar-refractivity contribution in [1.29, 1.82) is 0 Å². The normalized spacial score (nSPS) is 14.8. The van der Waals surface area contributed by atoms with Crippen molar-refractivity contribution >= 4 is 11.9 Å². The van der Waals surface area contributed by atoms with Gasteiger partial charge in [-0.05, 0) is 6.92 Å². The van der Waals surface area contributed by atoms with E-state index in [4.69, 9.17) is 14.6 Å². The minimum Gasteiger partial charge on any atom is -0.481 e. The van der Waals surface area contributed by atoms with E-state index in [1.54, 1.807) is 6.92 Å². The lowest BCUT2D eigenvalue weighted by Crippen LogP contribution is -2.09. The van der Waals surface area contributed by atoms with Crippen LogP contribution in [0.25, 0.3) is 0 Å². The van der Waals surface area contributed by atoms with Gasteiger partial charge in [-0.2, -0.15) is 0 Å². The molecular formula is C13H20O5. The van der Waals surface area contributed by atoms with Crippen LogP contribution in [0.3, 0.4) is 0 Å². The maximum atomic E-state index is 10.7. The average molecular weight is 256 g/mol. The summed E-state index contributed by atoms with van der Waals surface area (Å²) in [4.78, 5) is 20.2. The minimum absolute atomic E-state index is 0.0556. The Kier molecular flexibility index (Phi) is 11.9. The topological polar surface area (TPSA) is 76.1 Å². The lowest BCUT2D eigenvalue weighted by atomic mass is 10.4. The molecule has 0 spiro atoms. The smallest absolute Gasteiger partial charge is 0.333 e. The number of aliphatic carboxylic acids is 1. The third-order valence-electron chi connectivity index (χ3n) is 1.47. The number of epoxide rings is 1. The second kappa shape index (κ2) is 11.6. The van der Waals surface area contributed by atoms with Crippen molar-refractivity contribution < 1.29 is 24.2 Å². The predicted molar refractivity (Wildman–Crippen MR) is 69.2 cm³/mol. The zero-order chi connectivity index (χ0) is 14.6. The van der Waals surface area contributed by atoms with E-state index in [9.17, 15) is 9.59 Å². The summed E-state index contributed by atoms with van der Waals surface area (Å²) in [6.07, 6.45) is 1.55. The Hall–Kier alpha value is -1.88. The summed E-state index contributed by atoms with van der Waals surface area (Å²) in [7, 11) is 0. The molecule has 1 heterocycles. The molecule has 0 aliphatic carbocycles. The molecule has 0 saturated carbocycles. The van der Waals surface area contributed by atoms with Gasteiger partial charge in [0.25, 0.3) is 0 Å². The van der Waals surface area contributed by atoms with Gasteiger partial charge in [0.05, 0.1) is 13.0 Å². The fraction of sp³-hybridized carbons (Fsp3) is 0.385. The zero-order valence-electron chi connectivity index (χ0n) is 10.7. The van der Waals surface area contributed by atoms with E-state index in [1.807, 2.05) is 0 Å². The maximum Gasteiger partial charge on any atom is 0.333 e. The van der Waals surface area contributed by atoms with Gasteiger partial charge in [0.1, 0.15) is 12.7 Å². The lowest BCUT2D eigenvalue weighted by molar-refractivity contribution is -0.139. The van der Waals surface area contributed by atoms with Crippen LogP contribution >= 0.6 is 0 Å². The predicted octanol–water partition coefficient (Wildman–Crippen LogP) is 1.95. The summed E-state index contributed by atoms with van der Waals surface area (Å²) in [6, 6.07) is 0. The molecule has 1 unspecified atom stereocenters. The molecule has 0 radical (unpaired) electrons. The van der Waals surface area contributed by atoms with Crippen LogP contribution in [0.15, 0.2) is 38.0 Å². The molecule has 5 heteroatoms. The van der Waals surface area contributed by atoms with E-state index >= 15 is 0 Å². The number of carboxylic acids is 1. The Morgan fingerprint density at radius 1 is 1.50 bits per heavy atom. The van der Waals surface area contributed by atoms with Crippen LogP contribution in [-0.4, -0.2) is 36.4 Å². The van der Waals surface area contributed by atoms with Crippen molar-refractivity contribution in [3.05, 3.63) is 38.0 Å². The number of esters is 1. The first-order valence-electron chi connectivity index (χ1n) is 5.24. The molecule has 1 saturated heterocycles. The highest BCUT2D eigenvalue weighted by Gasteiger charge is 2.24. The van der Waals surface area contributed by atoms with Gasteiger partial charge >= 0.3 is 11.9 Å². The third kappa shape index (κ3) is 14.1. The number of carbonyl (C=O) groups excluding carboxylic acids is 1. The molecule has 0 aromatic rings. The van der Waals surface area contributed by atoms with E-state index < -0.39 is 5.97 Å². The molecular weight excluding hydrogens is 236 g/mol. The number of hydrogen-bond acceptors (Lipinski definition) is 4. The lowest BCUT2D eigenvalue weighted by Gasteiger charge is -1.99. The van der Waals surface area contributed by atoms with E-state index in [1.165, 1.54) is 6.08 Å². The zero-order valence-corrected chi connectivity index (χ0v) is 10.7. The maximum absolute atomic E-state index is 10.7. The van der Waals surface area contributed by atoms with Crippen LogP contribution in [0.2, 0.25) is 0 Å². The summed E-state index contributed by atoms with van der Waals surface area (Å²) < 4.78 is 9.60. The van der Waals surface area contributed by atoms with Crippen molar-refractivity contribution in [2.24, 2.45) is 0 Å². The third-order valence-corrected chi connectivity index (χ3v) is 1.47. The van der Waals surface area contributed by atoms with Crippen molar-refractivity contribution in [1.82, 2.24) is 0 Å². The molecule has 0 aromatic heterocycles. The SMILES string of the molecule is C=C.C=C(C)C(=O)OCC1CO1.C=CCC(=O)O. The van der Waals surface area contributed by atoms with Crippen LogP contribution in [0.5, 0.6) is 0 Å². The van der Waals surface area contributed by atoms with Gasteiger partial charge in [0, 0.05) is 5.57 Å². The van der Waals surface area contributed by atoms with E-state index in [2.05, 4.69) is 26.3 Å². The van der Waals surface area contributed by atoms with Gasteiger partial charge in [-0.1, -0.05) is 12.7 Å². The first kappa shape index (κ1) is 18.5. The summed E-state index contributed by atoms with van der Waals surface area (Å²) >= 11 is 0. The molecule has 1 rings (SSSR count). The van der Waals surface area contributed by atoms with Gasteiger partial charge in [0.2, 0.25) is 0 Å². The molecule has 1 fully saturated rings. The van der Waals surface area contributed by atoms with Crippen LogP contribution in [0, 0.1) is 0 Å². The van der Waals surface area contributed by atoms with Crippen molar-refractivity contribution in [2.75, 3.05) is 13.2 Å². The molecule has 1 aliphatic heterocycles. The van der Waals surface area contributed by atoms with E-state index in [-0.39, 0.29) is 18.5 Å². The average Bonchev–Trinajstić information content (AvgIpc) is 3.13. The van der Waals surface area contributed by atoms with Crippen molar-refractivity contribution in [2.45, 2.75) is 19.4 Å². The highest BCUT2D eigenvalue weighted by Crippen LogP contribution is 2.09. The molecule has 0 amide bonds. The number of carbonyl (C=O) groups is 2. The monoisotopic (exact) mass is 256 g/mol. The first-order chi connectivity index (χ1) is 8.47. The number of rotatable bonds is 5. The summed E-state index contributed by atoms with van der Waals surface area (Å²) in [5, 5.41) is 7.84. The van der Waals surface area contributed by atoms with E-state index in [0.29, 0.717) is 18.8 Å². The Morgan fingerprint density at radius 2 is 2.00 bits per heavy atom. The molecule has 18 heavy (non-hydrogen) atoms. The number of ether oxygens (including phenoxy) is 2. The summed E-state index contributed by atoms with van der Waals surface area (Å²) in [5.41, 5.74) is 0.431. The number of carboxylic acid groups (broad SMARTS) is 1. The minimum atomic E-state index is -0.829. The van der Waals surface area contributed by atoms with Crippen LogP contribution in [0.4, 0.5) is 0 Å². The highest BCUT2D eigenvalue weighted by molar-refractivity contribution is 5.86. The van der Waals surface area contributed by atoms with Gasteiger partial charge in [-0.25, -0.2) is 4.79 Å². The Bertz CT molecular complexity index is 292. The first-order valence-corrected chi connectivity index (χ1v) is 5.24. The quantitative estimate of drug-likeness (QED) is 0.352. The molecule has 0 aromatic carbocycles. The molecule has 102 valence electrons. The van der Waals surface area contributed by atoms with Crippen LogP contribution in [-0.2, 0) is 19.1 Å². The van der Waals surface area contributed by atoms with Crippen LogP contribution in [0.1, 0.15) is 13.3 Å². The second-order valence-corrected chi connectivity index (χ2v) is 3.22. The van der Waals surface area contributed by atoms with Gasteiger partial charge < -0.3 is 14.6 Å². The Morgan fingerprint density at radius 3 is 2.22 bits per heavy atom. The Balaban J connectivity index is 0. The second-order valence-electron chi connectivity index (χ2n) is 3.22. The molecule has 1 atom stereocenters. The highest BCUT2D eigenvalue weighted by atomic mass is 16.6.